The molecule has 10 heteroatoms. The Bertz CT molecular complexity index is 1390. The molecule has 1 N–H and O–H groups in total. The van der Waals surface area contributed by atoms with Crippen molar-refractivity contribution in [3.63, 3.8) is 0 Å². The van der Waals surface area contributed by atoms with E-state index in [9.17, 15) is 9.59 Å². The van der Waals surface area contributed by atoms with E-state index < -0.39 is 0 Å². The first-order valence-electron chi connectivity index (χ1n) is 12.6. The fraction of sp³-hybridized carbons (Fsp3) is 0.333. The first-order valence-corrected chi connectivity index (χ1v) is 13.4. The molecular formula is C27H31N7O2S. The van der Waals surface area contributed by atoms with E-state index in [-0.39, 0.29) is 17.6 Å². The normalized spacial score (nSPS) is 15.0. The predicted octanol–water partition coefficient (Wildman–Crippen LogP) is 3.71. The Kier molecular flexibility index (Phi) is 7.47. The Morgan fingerprint density at radius 3 is 2.38 bits per heavy atom. The molecule has 0 bridgehead atoms. The third-order valence-corrected chi connectivity index (χ3v) is 7.38. The third kappa shape index (κ3) is 5.50. The Morgan fingerprint density at radius 2 is 1.73 bits per heavy atom. The monoisotopic (exact) mass is 517 g/mol. The van der Waals surface area contributed by atoms with Crippen molar-refractivity contribution < 1.29 is 4.79 Å². The van der Waals surface area contributed by atoms with Crippen molar-refractivity contribution in [1.29, 1.82) is 0 Å². The highest BCUT2D eigenvalue weighted by molar-refractivity contribution is 7.15. The van der Waals surface area contributed by atoms with Crippen LogP contribution in [-0.4, -0.2) is 56.3 Å². The Balaban J connectivity index is 1.27. The average molecular weight is 518 g/mol. The van der Waals surface area contributed by atoms with Crippen LogP contribution in [0.15, 0.2) is 71.9 Å². The molecule has 1 amide bonds. The summed E-state index contributed by atoms with van der Waals surface area (Å²) < 4.78 is 3.06. The maximum absolute atomic E-state index is 13.4. The van der Waals surface area contributed by atoms with Gasteiger partial charge in [0.2, 0.25) is 5.91 Å². The van der Waals surface area contributed by atoms with Crippen LogP contribution >= 0.6 is 11.3 Å². The lowest BCUT2D eigenvalue weighted by molar-refractivity contribution is -0.121. The Hall–Kier alpha value is -3.76. The predicted molar refractivity (Wildman–Crippen MR) is 147 cm³/mol. The average Bonchev–Trinajstić information content (AvgIpc) is 3.50. The lowest BCUT2D eigenvalue weighted by Gasteiger charge is -2.39. The summed E-state index contributed by atoms with van der Waals surface area (Å²) >= 11 is 1.48. The van der Waals surface area contributed by atoms with Crippen LogP contribution in [0, 0.1) is 6.92 Å². The molecule has 0 aliphatic carbocycles. The molecule has 1 fully saturated rings. The second-order valence-electron chi connectivity index (χ2n) is 9.12. The zero-order chi connectivity index (χ0) is 25.8. The van der Waals surface area contributed by atoms with E-state index in [4.69, 9.17) is 0 Å². The van der Waals surface area contributed by atoms with Crippen LogP contribution in [-0.2, 0) is 11.3 Å². The van der Waals surface area contributed by atoms with Crippen molar-refractivity contribution in [2.45, 2.75) is 32.9 Å². The molecule has 1 aliphatic rings. The molecule has 0 saturated carbocycles. The second kappa shape index (κ2) is 11.1. The molecule has 5 rings (SSSR count). The maximum Gasteiger partial charge on any atom is 0.350 e. The van der Waals surface area contributed by atoms with Crippen LogP contribution < -0.4 is 15.9 Å². The lowest BCUT2D eigenvalue weighted by atomic mass is 10.0. The topological polar surface area (TPSA) is 88.3 Å². The molecule has 9 nitrogen and oxygen atoms in total. The number of carbonyl (C=O) groups excluding carboxylic acids is 1. The summed E-state index contributed by atoms with van der Waals surface area (Å²) in [4.78, 5) is 35.8. The number of hydrogen-bond acceptors (Lipinski definition) is 7. The Morgan fingerprint density at radius 1 is 1.03 bits per heavy atom. The number of hydrogen-bond donors (Lipinski definition) is 1. The zero-order valence-electron chi connectivity index (χ0n) is 21.1. The first-order chi connectivity index (χ1) is 18.0. The number of nitrogens with one attached hydrogen (secondary N) is 1. The number of rotatable bonds is 8. The van der Waals surface area contributed by atoms with E-state index in [0.29, 0.717) is 11.7 Å². The Labute approximate surface area is 220 Å². The molecule has 4 aromatic rings. The molecule has 3 heterocycles. The summed E-state index contributed by atoms with van der Waals surface area (Å²) in [7, 11) is 0. The van der Waals surface area contributed by atoms with Crippen molar-refractivity contribution in [2.75, 3.05) is 36.4 Å². The van der Waals surface area contributed by atoms with Gasteiger partial charge in [0.15, 0.2) is 5.13 Å². The van der Waals surface area contributed by atoms with Gasteiger partial charge in [-0.15, -0.1) is 11.3 Å². The number of benzene rings is 2. The standard InChI is InChI=1S/C27H31N7O2S/c1-3-13-34-27(36)33(19-29-34)23-11-9-22(10-12-23)31-14-16-32(17-15-31)24(21-7-5-4-6-8-21)25(35)30-26-28-18-20(2)37-26/h4-12,18-19,24H,3,13-17H2,1-2H3,(H,28,30,35). The molecule has 1 atom stereocenters. The molecule has 1 aliphatic heterocycles. The summed E-state index contributed by atoms with van der Waals surface area (Å²) in [5.41, 5.74) is 2.74. The number of amides is 1. The highest BCUT2D eigenvalue weighted by Crippen LogP contribution is 2.27. The van der Waals surface area contributed by atoms with Gasteiger partial charge in [-0.1, -0.05) is 37.3 Å². The number of piperazine rings is 1. The second-order valence-corrected chi connectivity index (χ2v) is 10.4. The number of thiazole rings is 1. The highest BCUT2D eigenvalue weighted by atomic mass is 32.1. The van der Waals surface area contributed by atoms with Gasteiger partial charge in [-0.05, 0) is 43.2 Å². The zero-order valence-corrected chi connectivity index (χ0v) is 21.9. The molecule has 2 aromatic heterocycles. The van der Waals surface area contributed by atoms with Gasteiger partial charge in [-0.3, -0.25) is 9.69 Å². The summed E-state index contributed by atoms with van der Waals surface area (Å²) in [6.07, 6.45) is 4.21. The number of aryl methyl sites for hydroxylation is 2. The quantitative estimate of drug-likeness (QED) is 0.383. The molecule has 1 saturated heterocycles. The molecule has 1 unspecified atom stereocenters. The van der Waals surface area contributed by atoms with Crippen molar-refractivity contribution in [3.05, 3.63) is 88.0 Å². The summed E-state index contributed by atoms with van der Waals surface area (Å²) in [5, 5.41) is 7.84. The molecule has 2 aromatic carbocycles. The van der Waals surface area contributed by atoms with E-state index in [1.165, 1.54) is 16.0 Å². The van der Waals surface area contributed by atoms with Gasteiger partial charge < -0.3 is 10.2 Å². The van der Waals surface area contributed by atoms with Crippen LogP contribution in [0.3, 0.4) is 0 Å². The van der Waals surface area contributed by atoms with Crippen molar-refractivity contribution in [1.82, 2.24) is 24.2 Å². The minimum atomic E-state index is -0.388. The van der Waals surface area contributed by atoms with Gasteiger partial charge in [0.25, 0.3) is 0 Å². The van der Waals surface area contributed by atoms with E-state index in [0.717, 1.165) is 54.4 Å². The summed E-state index contributed by atoms with van der Waals surface area (Å²) in [6, 6.07) is 17.5. The van der Waals surface area contributed by atoms with Gasteiger partial charge in [0.1, 0.15) is 12.4 Å². The van der Waals surface area contributed by atoms with Crippen molar-refractivity contribution in [2.24, 2.45) is 0 Å². The number of nitrogens with zero attached hydrogens (tertiary/aromatic N) is 6. The first kappa shape index (κ1) is 24.9. The molecular weight excluding hydrogens is 486 g/mol. The number of anilines is 2. The fourth-order valence-electron chi connectivity index (χ4n) is 4.69. The van der Waals surface area contributed by atoms with E-state index in [2.05, 4.69) is 25.2 Å². The van der Waals surface area contributed by atoms with E-state index in [1.54, 1.807) is 17.1 Å². The van der Waals surface area contributed by atoms with Gasteiger partial charge in [0.05, 0.1) is 5.69 Å². The molecule has 0 spiro atoms. The van der Waals surface area contributed by atoms with Crippen molar-refractivity contribution >= 4 is 28.1 Å². The van der Waals surface area contributed by atoms with Crippen LogP contribution in [0.5, 0.6) is 0 Å². The molecule has 37 heavy (non-hydrogen) atoms. The van der Waals surface area contributed by atoms with Gasteiger partial charge in [0, 0.05) is 49.5 Å². The fourth-order valence-corrected chi connectivity index (χ4v) is 5.36. The maximum atomic E-state index is 13.4. The molecule has 0 radical (unpaired) electrons. The number of carbonyl (C=O) groups is 1. The van der Waals surface area contributed by atoms with Crippen LogP contribution in [0.4, 0.5) is 10.8 Å². The van der Waals surface area contributed by atoms with Crippen LogP contribution in [0.2, 0.25) is 0 Å². The van der Waals surface area contributed by atoms with E-state index >= 15 is 0 Å². The summed E-state index contributed by atoms with van der Waals surface area (Å²) in [5.74, 6) is -0.0626. The summed E-state index contributed by atoms with van der Waals surface area (Å²) in [6.45, 7) is 7.69. The highest BCUT2D eigenvalue weighted by Gasteiger charge is 2.31. The van der Waals surface area contributed by atoms with Crippen LogP contribution in [0.25, 0.3) is 5.69 Å². The van der Waals surface area contributed by atoms with Crippen LogP contribution in [0.1, 0.15) is 29.8 Å². The third-order valence-electron chi connectivity index (χ3n) is 6.56. The smallest absolute Gasteiger partial charge is 0.350 e. The van der Waals surface area contributed by atoms with Crippen molar-refractivity contribution in [3.8, 4) is 5.69 Å². The molecule has 192 valence electrons. The van der Waals surface area contributed by atoms with Gasteiger partial charge >= 0.3 is 5.69 Å². The van der Waals surface area contributed by atoms with E-state index in [1.807, 2.05) is 68.4 Å². The largest absolute Gasteiger partial charge is 0.369 e. The minimum absolute atomic E-state index is 0.0626. The minimum Gasteiger partial charge on any atom is -0.369 e. The number of aromatic nitrogens is 4. The van der Waals surface area contributed by atoms with Gasteiger partial charge in [-0.25, -0.2) is 19.0 Å². The SMILES string of the molecule is CCCn1ncn(-c2ccc(N3CCN(C(C(=O)Nc4ncc(C)s4)c4ccccc4)CC3)cc2)c1=O. The lowest BCUT2D eigenvalue weighted by Crippen LogP contribution is -2.50. The van der Waals surface area contributed by atoms with Gasteiger partial charge in [-0.2, -0.15) is 5.10 Å².